The van der Waals surface area contributed by atoms with E-state index in [1.54, 1.807) is 23.9 Å². The second kappa shape index (κ2) is 7.01. The Hall–Kier alpha value is 0.0700. The van der Waals surface area contributed by atoms with Gasteiger partial charge in [-0.2, -0.15) is 11.8 Å². The number of hydrogen-bond acceptors (Lipinski definition) is 3. The molecule has 1 aromatic carbocycles. The maximum atomic E-state index is 10.1. The quantitative estimate of drug-likeness (QED) is 0.839. The van der Waals surface area contributed by atoms with Crippen molar-refractivity contribution in [2.45, 2.75) is 25.5 Å². The highest BCUT2D eigenvalue weighted by Crippen LogP contribution is 2.26. The van der Waals surface area contributed by atoms with E-state index < -0.39 is 5.60 Å². The molecule has 0 radical (unpaired) electrons. The van der Waals surface area contributed by atoms with Gasteiger partial charge in [-0.3, -0.25) is 0 Å². The first-order valence-corrected chi connectivity index (χ1v) is 7.90. The summed E-state index contributed by atoms with van der Waals surface area (Å²) in [5, 5.41) is 14.7. The molecular formula is C13H19Cl2NOS. The minimum atomic E-state index is -0.723. The summed E-state index contributed by atoms with van der Waals surface area (Å²) in [7, 11) is 0. The lowest BCUT2D eigenvalue weighted by Gasteiger charge is -2.25. The molecule has 18 heavy (non-hydrogen) atoms. The van der Waals surface area contributed by atoms with Crippen LogP contribution in [0.15, 0.2) is 18.2 Å². The number of halogens is 2. The zero-order chi connectivity index (χ0) is 13.8. The van der Waals surface area contributed by atoms with E-state index in [2.05, 4.69) is 5.32 Å². The second-order valence-electron chi connectivity index (χ2n) is 4.70. The lowest BCUT2D eigenvalue weighted by Crippen LogP contribution is -2.40. The zero-order valence-corrected chi connectivity index (χ0v) is 13.2. The smallest absolute Gasteiger partial charge is 0.0833 e. The van der Waals surface area contributed by atoms with Crippen LogP contribution < -0.4 is 5.32 Å². The monoisotopic (exact) mass is 307 g/mol. The molecule has 0 heterocycles. The Bertz CT molecular complexity index is 399. The summed E-state index contributed by atoms with van der Waals surface area (Å²) in [4.78, 5) is 0. The predicted octanol–water partition coefficient (Wildman–Crippen LogP) is 3.76. The van der Waals surface area contributed by atoms with Gasteiger partial charge in [0.25, 0.3) is 0 Å². The average Bonchev–Trinajstić information content (AvgIpc) is 2.29. The number of thioether (sulfide) groups is 1. The topological polar surface area (TPSA) is 32.3 Å². The SMILES string of the molecule is CSCC(C)(O)CNC(C)c1cc(Cl)ccc1Cl. The Morgan fingerprint density at radius 3 is 2.72 bits per heavy atom. The largest absolute Gasteiger partial charge is 0.388 e. The first kappa shape index (κ1) is 16.1. The van der Waals surface area contributed by atoms with Gasteiger partial charge in [0.2, 0.25) is 0 Å². The third-order valence-corrected chi connectivity index (χ3v) is 4.16. The first-order chi connectivity index (χ1) is 8.35. The molecule has 2 nitrogen and oxygen atoms in total. The van der Waals surface area contributed by atoms with E-state index in [4.69, 9.17) is 23.2 Å². The highest BCUT2D eigenvalue weighted by molar-refractivity contribution is 7.98. The van der Waals surface area contributed by atoms with Gasteiger partial charge in [-0.15, -0.1) is 0 Å². The lowest BCUT2D eigenvalue weighted by atomic mass is 10.1. The average molecular weight is 308 g/mol. The molecule has 0 fully saturated rings. The van der Waals surface area contributed by atoms with E-state index in [9.17, 15) is 5.11 Å². The highest BCUT2D eigenvalue weighted by atomic mass is 35.5. The Balaban J connectivity index is 2.65. The van der Waals surface area contributed by atoms with E-state index in [0.29, 0.717) is 22.3 Å². The third-order valence-electron chi connectivity index (χ3n) is 2.67. The number of benzene rings is 1. The summed E-state index contributed by atoms with van der Waals surface area (Å²) in [6.45, 7) is 4.34. The van der Waals surface area contributed by atoms with Crippen molar-refractivity contribution in [1.82, 2.24) is 5.32 Å². The van der Waals surface area contributed by atoms with Crippen molar-refractivity contribution in [1.29, 1.82) is 0 Å². The molecule has 2 N–H and O–H groups in total. The Morgan fingerprint density at radius 2 is 2.11 bits per heavy atom. The van der Waals surface area contributed by atoms with Crippen LogP contribution >= 0.6 is 35.0 Å². The fourth-order valence-electron chi connectivity index (χ4n) is 1.69. The van der Waals surface area contributed by atoms with Gasteiger partial charge in [0.1, 0.15) is 0 Å². The summed E-state index contributed by atoms with van der Waals surface area (Å²) in [5.41, 5.74) is 0.225. The van der Waals surface area contributed by atoms with Crippen molar-refractivity contribution in [2.24, 2.45) is 0 Å². The minimum absolute atomic E-state index is 0.0459. The molecule has 0 amide bonds. The van der Waals surface area contributed by atoms with Crippen LogP contribution in [0.25, 0.3) is 0 Å². The molecule has 0 aliphatic rings. The summed E-state index contributed by atoms with van der Waals surface area (Å²) < 4.78 is 0. The lowest BCUT2D eigenvalue weighted by molar-refractivity contribution is 0.0821. The number of hydrogen-bond donors (Lipinski definition) is 2. The Labute approximate surface area is 123 Å². The van der Waals surface area contributed by atoms with Crippen LogP contribution in [0.2, 0.25) is 10.0 Å². The van der Waals surface area contributed by atoms with Crippen molar-refractivity contribution in [3.8, 4) is 0 Å². The molecule has 102 valence electrons. The van der Waals surface area contributed by atoms with Crippen LogP contribution in [-0.2, 0) is 0 Å². The molecule has 5 heteroatoms. The molecule has 0 aliphatic carbocycles. The maximum Gasteiger partial charge on any atom is 0.0833 e. The van der Waals surface area contributed by atoms with E-state index in [0.717, 1.165) is 5.56 Å². The molecule has 1 rings (SSSR count). The van der Waals surface area contributed by atoms with Crippen LogP contribution in [0.4, 0.5) is 0 Å². The summed E-state index contributed by atoms with van der Waals surface area (Å²) in [6.07, 6.45) is 1.98. The van der Waals surface area contributed by atoms with Crippen molar-refractivity contribution in [3.05, 3.63) is 33.8 Å². The van der Waals surface area contributed by atoms with Gasteiger partial charge in [0, 0.05) is 28.4 Å². The third kappa shape index (κ3) is 4.98. The van der Waals surface area contributed by atoms with Gasteiger partial charge in [0.15, 0.2) is 0 Å². The molecule has 0 aliphatic heterocycles. The van der Waals surface area contributed by atoms with Crippen molar-refractivity contribution in [3.63, 3.8) is 0 Å². The number of nitrogens with one attached hydrogen (secondary N) is 1. The fourth-order valence-corrected chi connectivity index (χ4v) is 2.88. The van der Waals surface area contributed by atoms with Gasteiger partial charge >= 0.3 is 0 Å². The second-order valence-corrected chi connectivity index (χ2v) is 6.41. The van der Waals surface area contributed by atoms with Crippen LogP contribution in [0.3, 0.4) is 0 Å². The standard InChI is InChI=1S/C13H19Cl2NOS/c1-9(16-7-13(2,17)8-18-3)11-6-10(14)4-5-12(11)15/h4-6,9,16-17H,7-8H2,1-3H3. The van der Waals surface area contributed by atoms with Crippen molar-refractivity contribution in [2.75, 3.05) is 18.6 Å². The van der Waals surface area contributed by atoms with Crippen molar-refractivity contribution < 1.29 is 5.11 Å². The Kier molecular flexibility index (Phi) is 6.28. The van der Waals surface area contributed by atoms with E-state index in [1.165, 1.54) is 0 Å². The summed E-state index contributed by atoms with van der Waals surface area (Å²) >= 11 is 13.7. The van der Waals surface area contributed by atoms with Crippen molar-refractivity contribution >= 4 is 35.0 Å². The van der Waals surface area contributed by atoms with Gasteiger partial charge in [-0.05, 0) is 43.9 Å². The molecule has 0 bridgehead atoms. The Morgan fingerprint density at radius 1 is 1.44 bits per heavy atom. The normalized spacial score (nSPS) is 16.3. The molecule has 1 aromatic rings. The van der Waals surface area contributed by atoms with Crippen LogP contribution in [0.5, 0.6) is 0 Å². The molecular weight excluding hydrogens is 289 g/mol. The predicted molar refractivity (Wildman–Crippen MR) is 81.9 cm³/mol. The summed E-state index contributed by atoms with van der Waals surface area (Å²) in [5.74, 6) is 0.690. The number of rotatable bonds is 6. The van der Waals surface area contributed by atoms with E-state index >= 15 is 0 Å². The molecule has 0 saturated carbocycles. The molecule has 2 unspecified atom stereocenters. The molecule has 0 aromatic heterocycles. The maximum absolute atomic E-state index is 10.1. The highest BCUT2D eigenvalue weighted by Gasteiger charge is 2.21. The van der Waals surface area contributed by atoms with Gasteiger partial charge in [0.05, 0.1) is 5.60 Å². The van der Waals surface area contributed by atoms with E-state index in [-0.39, 0.29) is 6.04 Å². The van der Waals surface area contributed by atoms with Crippen LogP contribution in [0, 0.1) is 0 Å². The van der Waals surface area contributed by atoms with E-state index in [1.807, 2.05) is 26.2 Å². The number of aliphatic hydroxyl groups is 1. The fraction of sp³-hybridized carbons (Fsp3) is 0.538. The van der Waals surface area contributed by atoms with Crippen LogP contribution in [-0.4, -0.2) is 29.3 Å². The van der Waals surface area contributed by atoms with Gasteiger partial charge < -0.3 is 10.4 Å². The molecule has 0 saturated heterocycles. The van der Waals surface area contributed by atoms with Crippen LogP contribution in [0.1, 0.15) is 25.5 Å². The molecule has 2 atom stereocenters. The van der Waals surface area contributed by atoms with Gasteiger partial charge in [-0.25, -0.2) is 0 Å². The minimum Gasteiger partial charge on any atom is -0.388 e. The zero-order valence-electron chi connectivity index (χ0n) is 10.8. The molecule has 0 spiro atoms. The van der Waals surface area contributed by atoms with Gasteiger partial charge in [-0.1, -0.05) is 23.2 Å². The summed E-state index contributed by atoms with van der Waals surface area (Å²) in [6, 6.07) is 5.45. The first-order valence-electron chi connectivity index (χ1n) is 5.75.